The van der Waals surface area contributed by atoms with Gasteiger partial charge < -0.3 is 0 Å². The van der Waals surface area contributed by atoms with Gasteiger partial charge in [-0.3, -0.25) is 0 Å². The summed E-state index contributed by atoms with van der Waals surface area (Å²) in [7, 11) is -1.44. The van der Waals surface area contributed by atoms with Gasteiger partial charge in [-0.2, -0.15) is 0 Å². The Morgan fingerprint density at radius 1 is 1.33 bits per heavy atom. The van der Waals surface area contributed by atoms with Gasteiger partial charge in [-0.05, 0) is 11.6 Å². The van der Waals surface area contributed by atoms with Crippen molar-refractivity contribution in [3.63, 3.8) is 0 Å². The Morgan fingerprint density at radius 2 is 1.93 bits per heavy atom. The second-order valence-electron chi connectivity index (χ2n) is 4.51. The molecule has 0 amide bonds. The third kappa shape index (κ3) is 3.42. The predicted octanol–water partition coefficient (Wildman–Crippen LogP) is 3.30. The zero-order valence-corrected chi connectivity index (χ0v) is 10.5. The van der Waals surface area contributed by atoms with Gasteiger partial charge in [-0.15, -0.1) is 0 Å². The van der Waals surface area contributed by atoms with Crippen molar-refractivity contribution in [2.24, 2.45) is 5.11 Å². The lowest BCUT2D eigenvalue weighted by Gasteiger charge is -2.24. The van der Waals surface area contributed by atoms with Crippen molar-refractivity contribution in [2.75, 3.05) is 0 Å². The summed E-state index contributed by atoms with van der Waals surface area (Å²) in [4.78, 5) is 2.86. The van der Waals surface area contributed by atoms with Crippen LogP contribution in [0.25, 0.3) is 10.4 Å². The lowest BCUT2D eigenvalue weighted by atomic mass is 10.4. The minimum Gasteiger partial charge on any atom is -0.0912 e. The Morgan fingerprint density at radius 3 is 2.47 bits per heavy atom. The third-order valence-electron chi connectivity index (χ3n) is 2.61. The van der Waals surface area contributed by atoms with E-state index in [-0.39, 0.29) is 6.04 Å². The average Bonchev–Trinajstić information content (AvgIpc) is 2.18. The highest BCUT2D eigenvalue weighted by Crippen LogP contribution is 2.14. The average molecular weight is 219 g/mol. The Hall–Kier alpha value is -1.25. The minimum atomic E-state index is -1.44. The molecule has 0 aliphatic rings. The standard InChI is InChI=1S/C11H17N3Si/c1-10(13-14-12)9-15(2,3)11-7-5-4-6-8-11/h4-8,10H,9H2,1-3H3. The molecule has 0 saturated carbocycles. The van der Waals surface area contributed by atoms with Gasteiger partial charge >= 0.3 is 0 Å². The zero-order chi connectivity index (χ0) is 11.3. The lowest BCUT2D eigenvalue weighted by molar-refractivity contribution is 0.808. The highest BCUT2D eigenvalue weighted by Gasteiger charge is 2.24. The number of benzene rings is 1. The minimum absolute atomic E-state index is 0.0943. The first-order chi connectivity index (χ1) is 7.06. The highest BCUT2D eigenvalue weighted by molar-refractivity contribution is 6.89. The second-order valence-corrected chi connectivity index (χ2v) is 9.26. The summed E-state index contributed by atoms with van der Waals surface area (Å²) in [5.41, 5.74) is 8.38. The lowest BCUT2D eigenvalue weighted by Crippen LogP contribution is -2.43. The zero-order valence-electron chi connectivity index (χ0n) is 9.51. The van der Waals surface area contributed by atoms with E-state index in [4.69, 9.17) is 5.53 Å². The molecule has 0 saturated heterocycles. The summed E-state index contributed by atoms with van der Waals surface area (Å²) >= 11 is 0. The SMILES string of the molecule is CC(C[Si](C)(C)c1ccccc1)N=[N+]=[N-]. The van der Waals surface area contributed by atoms with E-state index in [1.54, 1.807) is 0 Å². The first kappa shape index (κ1) is 11.8. The monoisotopic (exact) mass is 219 g/mol. The molecule has 80 valence electrons. The molecule has 0 radical (unpaired) electrons. The predicted molar refractivity (Wildman–Crippen MR) is 67.0 cm³/mol. The fraction of sp³-hybridized carbons (Fsp3) is 0.455. The summed E-state index contributed by atoms with van der Waals surface area (Å²) < 4.78 is 0. The van der Waals surface area contributed by atoms with E-state index in [0.717, 1.165) is 6.04 Å². The fourth-order valence-electron chi connectivity index (χ4n) is 1.87. The van der Waals surface area contributed by atoms with E-state index in [0.29, 0.717) is 0 Å². The molecule has 0 aromatic heterocycles. The van der Waals surface area contributed by atoms with Crippen molar-refractivity contribution < 1.29 is 0 Å². The van der Waals surface area contributed by atoms with E-state index in [1.165, 1.54) is 5.19 Å². The first-order valence-corrected chi connectivity index (χ1v) is 8.37. The molecule has 1 aromatic carbocycles. The number of hydrogen-bond acceptors (Lipinski definition) is 1. The van der Waals surface area contributed by atoms with Crippen LogP contribution in [0.2, 0.25) is 19.1 Å². The summed E-state index contributed by atoms with van der Waals surface area (Å²) in [6.45, 7) is 6.61. The molecule has 1 unspecified atom stereocenters. The van der Waals surface area contributed by atoms with Gasteiger partial charge in [0.25, 0.3) is 0 Å². The molecule has 0 bridgehead atoms. The normalized spacial score (nSPS) is 13.0. The quantitative estimate of drug-likeness (QED) is 0.323. The van der Waals surface area contributed by atoms with Crippen LogP contribution in [0, 0.1) is 0 Å². The van der Waals surface area contributed by atoms with E-state index < -0.39 is 8.07 Å². The number of azide groups is 1. The Balaban J connectivity index is 2.79. The van der Waals surface area contributed by atoms with Crippen LogP contribution in [-0.2, 0) is 0 Å². The van der Waals surface area contributed by atoms with Gasteiger partial charge in [0, 0.05) is 11.0 Å². The van der Waals surface area contributed by atoms with E-state index >= 15 is 0 Å². The van der Waals surface area contributed by atoms with Gasteiger partial charge in [0.1, 0.15) is 0 Å². The molecule has 0 spiro atoms. The highest BCUT2D eigenvalue weighted by atomic mass is 28.3. The Kier molecular flexibility index (Phi) is 3.94. The number of rotatable bonds is 4. The van der Waals surface area contributed by atoms with Crippen molar-refractivity contribution in [1.82, 2.24) is 0 Å². The van der Waals surface area contributed by atoms with Crippen LogP contribution < -0.4 is 5.19 Å². The second kappa shape index (κ2) is 5.00. The molecule has 1 rings (SSSR count). The molecule has 15 heavy (non-hydrogen) atoms. The maximum absolute atomic E-state index is 8.38. The fourth-order valence-corrected chi connectivity index (χ4v) is 4.76. The number of hydrogen-bond donors (Lipinski definition) is 0. The Bertz CT molecular complexity index is 355. The van der Waals surface area contributed by atoms with Crippen molar-refractivity contribution in [3.8, 4) is 0 Å². The summed E-state index contributed by atoms with van der Waals surface area (Å²) in [6, 6.07) is 11.6. The third-order valence-corrected chi connectivity index (χ3v) is 6.12. The molecule has 1 aromatic rings. The molecule has 1 atom stereocenters. The summed E-state index contributed by atoms with van der Waals surface area (Å²) in [5.74, 6) is 0. The molecule has 0 heterocycles. The molecule has 3 nitrogen and oxygen atoms in total. The van der Waals surface area contributed by atoms with Crippen molar-refractivity contribution in [1.29, 1.82) is 0 Å². The van der Waals surface area contributed by atoms with Crippen LogP contribution in [0.4, 0.5) is 0 Å². The van der Waals surface area contributed by atoms with Gasteiger partial charge in [0.2, 0.25) is 0 Å². The Labute approximate surface area is 91.8 Å². The van der Waals surface area contributed by atoms with Gasteiger partial charge in [-0.25, -0.2) is 0 Å². The van der Waals surface area contributed by atoms with Gasteiger partial charge in [-0.1, -0.05) is 60.7 Å². The summed E-state index contributed by atoms with van der Waals surface area (Å²) in [5, 5.41) is 5.17. The van der Waals surface area contributed by atoms with Crippen molar-refractivity contribution in [2.45, 2.75) is 32.1 Å². The maximum Gasteiger partial charge on any atom is 0.0810 e. The molecule has 0 N–H and O–H groups in total. The molecule has 0 fully saturated rings. The van der Waals surface area contributed by atoms with E-state index in [9.17, 15) is 0 Å². The smallest absolute Gasteiger partial charge is 0.0810 e. The van der Waals surface area contributed by atoms with Crippen LogP contribution in [0.1, 0.15) is 6.92 Å². The molecule has 4 heteroatoms. The topological polar surface area (TPSA) is 48.8 Å². The molecule has 0 aliphatic carbocycles. The van der Waals surface area contributed by atoms with Gasteiger partial charge in [0.15, 0.2) is 0 Å². The van der Waals surface area contributed by atoms with Crippen molar-refractivity contribution >= 4 is 13.3 Å². The molecular weight excluding hydrogens is 202 g/mol. The van der Waals surface area contributed by atoms with Crippen LogP contribution in [0.5, 0.6) is 0 Å². The van der Waals surface area contributed by atoms with Crippen LogP contribution in [0.15, 0.2) is 35.4 Å². The maximum atomic E-state index is 8.38. The first-order valence-electron chi connectivity index (χ1n) is 5.16. The van der Waals surface area contributed by atoms with E-state index in [1.807, 2.05) is 13.0 Å². The van der Waals surface area contributed by atoms with E-state index in [2.05, 4.69) is 47.4 Å². The summed E-state index contributed by atoms with van der Waals surface area (Å²) in [6.07, 6.45) is 0. The van der Waals surface area contributed by atoms with Crippen LogP contribution >= 0.6 is 0 Å². The molecule has 0 aliphatic heterocycles. The van der Waals surface area contributed by atoms with Crippen LogP contribution in [0.3, 0.4) is 0 Å². The van der Waals surface area contributed by atoms with Gasteiger partial charge in [0.05, 0.1) is 8.07 Å². The van der Waals surface area contributed by atoms with Crippen molar-refractivity contribution in [3.05, 3.63) is 40.8 Å². The van der Waals surface area contributed by atoms with Crippen LogP contribution in [-0.4, -0.2) is 14.1 Å². The number of nitrogens with zero attached hydrogens (tertiary/aromatic N) is 3. The largest absolute Gasteiger partial charge is 0.0912 e. The molecular formula is C11H17N3Si.